The molecule has 0 aromatic heterocycles. The lowest BCUT2D eigenvalue weighted by atomic mass is 10.2. The van der Waals surface area contributed by atoms with Gasteiger partial charge in [0.2, 0.25) is 0 Å². The number of hydrogen-bond donors (Lipinski definition) is 0. The fraction of sp³-hybridized carbons (Fsp3) is 0.455. The number of rotatable bonds is 6. The van der Waals surface area contributed by atoms with E-state index >= 15 is 0 Å². The predicted octanol–water partition coefficient (Wildman–Crippen LogP) is 3.86. The standard InChI is InChI=1S/C11H14BrFOS/c1-14-5-2-6-15-8-9-3-4-10(13)7-11(9)12/h3-4,7H,2,5-6,8H2,1H3. The molecule has 4 heteroatoms. The summed E-state index contributed by atoms with van der Waals surface area (Å²) in [7, 11) is 1.71. The van der Waals surface area contributed by atoms with Crippen molar-refractivity contribution in [2.75, 3.05) is 19.5 Å². The van der Waals surface area contributed by atoms with Crippen molar-refractivity contribution in [2.24, 2.45) is 0 Å². The second-order valence-electron chi connectivity index (χ2n) is 3.13. The Morgan fingerprint density at radius 2 is 2.27 bits per heavy atom. The van der Waals surface area contributed by atoms with Crippen molar-refractivity contribution in [1.82, 2.24) is 0 Å². The first-order valence-corrected chi connectivity index (χ1v) is 6.69. The van der Waals surface area contributed by atoms with Crippen LogP contribution in [0.5, 0.6) is 0 Å². The molecule has 0 fully saturated rings. The van der Waals surface area contributed by atoms with Crippen molar-refractivity contribution in [2.45, 2.75) is 12.2 Å². The van der Waals surface area contributed by atoms with Gasteiger partial charge in [0.05, 0.1) is 0 Å². The molecule has 1 nitrogen and oxygen atoms in total. The Balaban J connectivity index is 2.31. The van der Waals surface area contributed by atoms with Crippen LogP contribution >= 0.6 is 27.7 Å². The van der Waals surface area contributed by atoms with Gasteiger partial charge in [-0.3, -0.25) is 0 Å². The maximum absolute atomic E-state index is 12.8. The molecule has 84 valence electrons. The molecule has 0 unspecified atom stereocenters. The van der Waals surface area contributed by atoms with Crippen molar-refractivity contribution in [3.63, 3.8) is 0 Å². The van der Waals surface area contributed by atoms with Crippen molar-refractivity contribution < 1.29 is 9.13 Å². The van der Waals surface area contributed by atoms with Crippen LogP contribution < -0.4 is 0 Å². The molecule has 1 rings (SSSR count). The quantitative estimate of drug-likeness (QED) is 0.737. The molecule has 15 heavy (non-hydrogen) atoms. The summed E-state index contributed by atoms with van der Waals surface area (Å²) in [6.45, 7) is 0.803. The lowest BCUT2D eigenvalue weighted by Crippen LogP contribution is -1.91. The van der Waals surface area contributed by atoms with E-state index in [9.17, 15) is 4.39 Å². The number of methoxy groups -OCH3 is 1. The highest BCUT2D eigenvalue weighted by atomic mass is 79.9. The van der Waals surface area contributed by atoms with E-state index < -0.39 is 0 Å². The monoisotopic (exact) mass is 292 g/mol. The molecule has 0 aliphatic heterocycles. The maximum Gasteiger partial charge on any atom is 0.124 e. The van der Waals surface area contributed by atoms with Gasteiger partial charge in [-0.25, -0.2) is 4.39 Å². The van der Waals surface area contributed by atoms with Gasteiger partial charge in [0.15, 0.2) is 0 Å². The van der Waals surface area contributed by atoms with E-state index in [1.165, 1.54) is 12.1 Å². The first-order valence-electron chi connectivity index (χ1n) is 4.74. The zero-order chi connectivity index (χ0) is 11.1. The highest BCUT2D eigenvalue weighted by Crippen LogP contribution is 2.22. The van der Waals surface area contributed by atoms with Gasteiger partial charge in [0, 0.05) is 23.9 Å². The molecule has 0 bridgehead atoms. The fourth-order valence-electron chi connectivity index (χ4n) is 1.13. The Bertz CT molecular complexity index is 307. The third-order valence-corrected chi connectivity index (χ3v) is 3.74. The van der Waals surface area contributed by atoms with Gasteiger partial charge in [0.25, 0.3) is 0 Å². The SMILES string of the molecule is COCCCSCc1ccc(F)cc1Br. The van der Waals surface area contributed by atoms with Crippen LogP contribution in [-0.2, 0) is 10.5 Å². The second-order valence-corrected chi connectivity index (χ2v) is 5.09. The second kappa shape index (κ2) is 7.25. The van der Waals surface area contributed by atoms with Gasteiger partial charge in [-0.15, -0.1) is 0 Å². The lowest BCUT2D eigenvalue weighted by Gasteiger charge is -2.04. The molecule has 0 heterocycles. The van der Waals surface area contributed by atoms with E-state index in [1.54, 1.807) is 7.11 Å². The summed E-state index contributed by atoms with van der Waals surface area (Å²) in [5.74, 6) is 1.78. The van der Waals surface area contributed by atoms with Crippen LogP contribution in [0.15, 0.2) is 22.7 Å². The van der Waals surface area contributed by atoms with Gasteiger partial charge >= 0.3 is 0 Å². The van der Waals surface area contributed by atoms with E-state index in [0.717, 1.165) is 34.6 Å². The minimum Gasteiger partial charge on any atom is -0.385 e. The van der Waals surface area contributed by atoms with Crippen molar-refractivity contribution in [3.8, 4) is 0 Å². The summed E-state index contributed by atoms with van der Waals surface area (Å²) in [5, 5.41) is 0. The van der Waals surface area contributed by atoms with Crippen LogP contribution in [0.25, 0.3) is 0 Å². The van der Waals surface area contributed by atoms with Gasteiger partial charge in [-0.1, -0.05) is 22.0 Å². The van der Waals surface area contributed by atoms with E-state index in [2.05, 4.69) is 15.9 Å². The van der Waals surface area contributed by atoms with Gasteiger partial charge in [-0.05, 0) is 29.9 Å². The predicted molar refractivity (Wildman–Crippen MR) is 66.8 cm³/mol. The third kappa shape index (κ3) is 5.00. The highest BCUT2D eigenvalue weighted by molar-refractivity contribution is 9.10. The van der Waals surface area contributed by atoms with Crippen LogP contribution in [0.4, 0.5) is 4.39 Å². The third-order valence-electron chi connectivity index (χ3n) is 1.91. The Labute approximate surface area is 103 Å². The molecule has 1 aromatic carbocycles. The number of halogens is 2. The molecule has 0 aliphatic carbocycles. The maximum atomic E-state index is 12.8. The largest absolute Gasteiger partial charge is 0.385 e. The van der Waals surface area contributed by atoms with E-state index in [1.807, 2.05) is 17.8 Å². The molecular weight excluding hydrogens is 279 g/mol. The van der Waals surface area contributed by atoms with Gasteiger partial charge < -0.3 is 4.74 Å². The average molecular weight is 293 g/mol. The summed E-state index contributed by atoms with van der Waals surface area (Å²) < 4.78 is 18.6. The van der Waals surface area contributed by atoms with Crippen molar-refractivity contribution >= 4 is 27.7 Å². The van der Waals surface area contributed by atoms with Crippen LogP contribution in [0, 0.1) is 5.82 Å². The summed E-state index contributed by atoms with van der Waals surface area (Å²) in [6, 6.07) is 4.82. The zero-order valence-corrected chi connectivity index (χ0v) is 11.0. The molecule has 0 N–H and O–H groups in total. The highest BCUT2D eigenvalue weighted by Gasteiger charge is 2.01. The first kappa shape index (κ1) is 13.0. The van der Waals surface area contributed by atoms with Crippen LogP contribution in [-0.4, -0.2) is 19.5 Å². The summed E-state index contributed by atoms with van der Waals surface area (Å²) in [5.41, 5.74) is 1.14. The Morgan fingerprint density at radius 1 is 1.47 bits per heavy atom. The molecule has 0 amide bonds. The molecule has 0 spiro atoms. The average Bonchev–Trinajstić information content (AvgIpc) is 2.20. The minimum atomic E-state index is -0.199. The zero-order valence-electron chi connectivity index (χ0n) is 8.63. The Kier molecular flexibility index (Phi) is 6.29. The molecule has 0 atom stereocenters. The van der Waals surface area contributed by atoms with E-state index in [0.29, 0.717) is 0 Å². The first-order chi connectivity index (χ1) is 7.24. The van der Waals surface area contributed by atoms with E-state index in [-0.39, 0.29) is 5.82 Å². The molecule has 0 saturated carbocycles. The fourth-order valence-corrected chi connectivity index (χ4v) is 2.74. The van der Waals surface area contributed by atoms with Crippen LogP contribution in [0.2, 0.25) is 0 Å². The van der Waals surface area contributed by atoms with Crippen molar-refractivity contribution in [1.29, 1.82) is 0 Å². The van der Waals surface area contributed by atoms with Crippen LogP contribution in [0.1, 0.15) is 12.0 Å². The number of hydrogen-bond acceptors (Lipinski definition) is 2. The Hall–Kier alpha value is -0.0600. The molecule has 0 radical (unpaired) electrons. The number of thioether (sulfide) groups is 1. The van der Waals surface area contributed by atoms with Gasteiger partial charge in [-0.2, -0.15) is 11.8 Å². The lowest BCUT2D eigenvalue weighted by molar-refractivity contribution is 0.200. The summed E-state index contributed by atoms with van der Waals surface area (Å²) in [4.78, 5) is 0. The molecular formula is C11H14BrFOS. The van der Waals surface area contributed by atoms with Crippen LogP contribution in [0.3, 0.4) is 0 Å². The minimum absolute atomic E-state index is 0.199. The smallest absolute Gasteiger partial charge is 0.124 e. The molecule has 1 aromatic rings. The topological polar surface area (TPSA) is 9.23 Å². The van der Waals surface area contributed by atoms with E-state index in [4.69, 9.17) is 4.74 Å². The molecule has 0 aliphatic rings. The normalized spacial score (nSPS) is 10.6. The number of benzene rings is 1. The summed E-state index contributed by atoms with van der Waals surface area (Å²) >= 11 is 5.19. The van der Waals surface area contributed by atoms with Crippen molar-refractivity contribution in [3.05, 3.63) is 34.1 Å². The molecule has 0 saturated heterocycles. The van der Waals surface area contributed by atoms with Gasteiger partial charge in [0.1, 0.15) is 5.82 Å². The number of ether oxygens (including phenoxy) is 1. The Morgan fingerprint density at radius 3 is 2.93 bits per heavy atom. The summed E-state index contributed by atoms with van der Waals surface area (Å²) in [6.07, 6.45) is 1.06.